The lowest BCUT2D eigenvalue weighted by Gasteiger charge is -1.98. The molecule has 0 saturated heterocycles. The van der Waals surface area contributed by atoms with Crippen molar-refractivity contribution in [3.05, 3.63) is 39.9 Å². The summed E-state index contributed by atoms with van der Waals surface area (Å²) in [6, 6.07) is 6.15. The molecule has 5 nitrogen and oxygen atoms in total. The fourth-order valence-corrected chi connectivity index (χ4v) is 1.07. The highest BCUT2D eigenvalue weighted by Gasteiger charge is 2.04. The molecule has 0 atom stereocenters. The number of hydrogen-bond donors (Lipinski definition) is 1. The van der Waals surface area contributed by atoms with E-state index in [4.69, 9.17) is 5.21 Å². The molecule has 0 aromatic heterocycles. The lowest BCUT2D eigenvalue weighted by molar-refractivity contribution is -0.384. The Balaban J connectivity index is 2.79. The molecular formula is C9H10N2O3. The fourth-order valence-electron chi connectivity index (χ4n) is 1.07. The Morgan fingerprint density at radius 2 is 2.07 bits per heavy atom. The normalized spacial score (nSPS) is 11.4. The van der Waals surface area contributed by atoms with E-state index in [1.54, 1.807) is 19.1 Å². The van der Waals surface area contributed by atoms with Gasteiger partial charge in [0.05, 0.1) is 10.6 Å². The Morgan fingerprint density at radius 1 is 1.50 bits per heavy atom. The number of nitro groups is 1. The van der Waals surface area contributed by atoms with Gasteiger partial charge in [0.1, 0.15) is 0 Å². The average molecular weight is 194 g/mol. The first kappa shape index (κ1) is 10.2. The van der Waals surface area contributed by atoms with Crippen LogP contribution in [0.4, 0.5) is 5.69 Å². The summed E-state index contributed by atoms with van der Waals surface area (Å²) < 4.78 is 0. The molecule has 0 bridgehead atoms. The van der Waals surface area contributed by atoms with Crippen LogP contribution >= 0.6 is 0 Å². The molecule has 0 spiro atoms. The number of non-ortho nitro benzene ring substituents is 1. The minimum atomic E-state index is -0.448. The van der Waals surface area contributed by atoms with Crippen molar-refractivity contribution in [1.82, 2.24) is 0 Å². The molecule has 14 heavy (non-hydrogen) atoms. The van der Waals surface area contributed by atoms with E-state index in [2.05, 4.69) is 5.16 Å². The van der Waals surface area contributed by atoms with E-state index in [0.717, 1.165) is 5.56 Å². The van der Waals surface area contributed by atoms with Gasteiger partial charge in [0.15, 0.2) is 0 Å². The van der Waals surface area contributed by atoms with Gasteiger partial charge in [0.25, 0.3) is 5.69 Å². The Labute approximate surface area is 80.8 Å². The fraction of sp³-hybridized carbons (Fsp3) is 0.222. The summed E-state index contributed by atoms with van der Waals surface area (Å²) in [5.41, 5.74) is 1.51. The van der Waals surface area contributed by atoms with Gasteiger partial charge in [0, 0.05) is 18.6 Å². The van der Waals surface area contributed by atoms with Crippen LogP contribution in [0, 0.1) is 10.1 Å². The van der Waals surface area contributed by atoms with Gasteiger partial charge in [-0.15, -0.1) is 0 Å². The van der Waals surface area contributed by atoms with Crippen LogP contribution in [0.3, 0.4) is 0 Å². The summed E-state index contributed by atoms with van der Waals surface area (Å²) in [7, 11) is 0. The number of rotatable bonds is 3. The second kappa shape index (κ2) is 4.36. The SMILES string of the molecule is C/C(Cc1ccc([N+](=O)[O-])cc1)=N\O. The van der Waals surface area contributed by atoms with Gasteiger partial charge in [-0.1, -0.05) is 17.3 Å². The largest absolute Gasteiger partial charge is 0.411 e. The van der Waals surface area contributed by atoms with Crippen molar-refractivity contribution in [3.8, 4) is 0 Å². The molecule has 1 N–H and O–H groups in total. The highest BCUT2D eigenvalue weighted by atomic mass is 16.6. The van der Waals surface area contributed by atoms with Crippen LogP contribution < -0.4 is 0 Å². The molecule has 1 aromatic carbocycles. The van der Waals surface area contributed by atoms with Crippen LogP contribution in [-0.4, -0.2) is 15.8 Å². The van der Waals surface area contributed by atoms with E-state index in [1.807, 2.05) is 0 Å². The standard InChI is InChI=1S/C9H10N2O3/c1-7(10-12)6-8-2-4-9(5-3-8)11(13)14/h2-5,12H,6H2,1H3/b10-7+. The minimum absolute atomic E-state index is 0.0624. The molecular weight excluding hydrogens is 184 g/mol. The summed E-state index contributed by atoms with van der Waals surface area (Å²) >= 11 is 0. The number of benzene rings is 1. The number of hydrogen-bond acceptors (Lipinski definition) is 4. The predicted molar refractivity (Wildman–Crippen MR) is 51.7 cm³/mol. The first-order valence-corrected chi connectivity index (χ1v) is 4.04. The van der Waals surface area contributed by atoms with Crippen LogP contribution in [0.15, 0.2) is 29.4 Å². The van der Waals surface area contributed by atoms with E-state index >= 15 is 0 Å². The number of oxime groups is 1. The maximum Gasteiger partial charge on any atom is 0.269 e. The second-order valence-electron chi connectivity index (χ2n) is 2.94. The quantitative estimate of drug-likeness (QED) is 0.346. The Bertz CT molecular complexity index is 357. The third kappa shape index (κ3) is 2.55. The van der Waals surface area contributed by atoms with Gasteiger partial charge in [-0.05, 0) is 12.5 Å². The molecule has 0 aliphatic rings. The lowest BCUT2D eigenvalue weighted by atomic mass is 10.1. The Morgan fingerprint density at radius 3 is 2.50 bits per heavy atom. The molecule has 74 valence electrons. The summed E-state index contributed by atoms with van der Waals surface area (Å²) in [6.07, 6.45) is 0.495. The molecule has 0 amide bonds. The summed E-state index contributed by atoms with van der Waals surface area (Å²) in [6.45, 7) is 1.68. The van der Waals surface area contributed by atoms with Crippen molar-refractivity contribution in [3.63, 3.8) is 0 Å². The van der Waals surface area contributed by atoms with Crippen LogP contribution in [0.5, 0.6) is 0 Å². The third-order valence-electron chi connectivity index (χ3n) is 1.78. The van der Waals surface area contributed by atoms with E-state index in [-0.39, 0.29) is 5.69 Å². The number of nitrogens with zero attached hydrogens (tertiary/aromatic N) is 2. The minimum Gasteiger partial charge on any atom is -0.411 e. The highest BCUT2D eigenvalue weighted by molar-refractivity contribution is 5.83. The maximum atomic E-state index is 10.3. The summed E-state index contributed by atoms with van der Waals surface area (Å²) in [5.74, 6) is 0. The van der Waals surface area contributed by atoms with Crippen molar-refractivity contribution in [1.29, 1.82) is 0 Å². The molecule has 1 rings (SSSR count). The summed E-state index contributed by atoms with van der Waals surface area (Å²) in [4.78, 5) is 9.88. The third-order valence-corrected chi connectivity index (χ3v) is 1.78. The van der Waals surface area contributed by atoms with Crippen LogP contribution in [0.25, 0.3) is 0 Å². The van der Waals surface area contributed by atoms with Crippen molar-refractivity contribution in [2.24, 2.45) is 5.16 Å². The van der Waals surface area contributed by atoms with Crippen molar-refractivity contribution in [2.45, 2.75) is 13.3 Å². The van der Waals surface area contributed by atoms with Crippen molar-refractivity contribution in [2.75, 3.05) is 0 Å². The molecule has 0 unspecified atom stereocenters. The summed E-state index contributed by atoms with van der Waals surface area (Å²) in [5, 5.41) is 21.8. The van der Waals surface area contributed by atoms with E-state index < -0.39 is 4.92 Å². The molecule has 0 aliphatic heterocycles. The molecule has 0 saturated carbocycles. The molecule has 0 radical (unpaired) electrons. The van der Waals surface area contributed by atoms with E-state index in [9.17, 15) is 10.1 Å². The highest BCUT2D eigenvalue weighted by Crippen LogP contribution is 2.12. The average Bonchev–Trinajstić information content (AvgIpc) is 2.18. The zero-order valence-electron chi connectivity index (χ0n) is 7.67. The molecule has 0 heterocycles. The smallest absolute Gasteiger partial charge is 0.269 e. The van der Waals surface area contributed by atoms with Gasteiger partial charge in [-0.25, -0.2) is 0 Å². The van der Waals surface area contributed by atoms with Gasteiger partial charge in [-0.2, -0.15) is 0 Å². The maximum absolute atomic E-state index is 10.3. The predicted octanol–water partition coefficient (Wildman–Crippen LogP) is 1.99. The van der Waals surface area contributed by atoms with Gasteiger partial charge in [-0.3, -0.25) is 10.1 Å². The zero-order chi connectivity index (χ0) is 10.6. The van der Waals surface area contributed by atoms with E-state index in [1.165, 1.54) is 12.1 Å². The van der Waals surface area contributed by atoms with Crippen LogP contribution in [-0.2, 0) is 6.42 Å². The Hall–Kier alpha value is -1.91. The molecule has 0 fully saturated rings. The lowest BCUT2D eigenvalue weighted by Crippen LogP contribution is -1.97. The van der Waals surface area contributed by atoms with Crippen LogP contribution in [0.2, 0.25) is 0 Å². The van der Waals surface area contributed by atoms with Gasteiger partial charge in [0.2, 0.25) is 0 Å². The van der Waals surface area contributed by atoms with E-state index in [0.29, 0.717) is 12.1 Å². The first-order valence-electron chi connectivity index (χ1n) is 4.04. The Kier molecular flexibility index (Phi) is 3.17. The molecule has 5 heteroatoms. The monoisotopic (exact) mass is 194 g/mol. The van der Waals surface area contributed by atoms with Crippen molar-refractivity contribution < 1.29 is 10.1 Å². The number of nitro benzene ring substituents is 1. The molecule has 1 aromatic rings. The second-order valence-corrected chi connectivity index (χ2v) is 2.94. The first-order chi connectivity index (χ1) is 6.63. The molecule has 0 aliphatic carbocycles. The van der Waals surface area contributed by atoms with Gasteiger partial charge < -0.3 is 5.21 Å². The zero-order valence-corrected chi connectivity index (χ0v) is 7.67. The van der Waals surface area contributed by atoms with Crippen molar-refractivity contribution >= 4 is 11.4 Å². The van der Waals surface area contributed by atoms with Gasteiger partial charge >= 0.3 is 0 Å². The van der Waals surface area contributed by atoms with Crippen LogP contribution in [0.1, 0.15) is 12.5 Å². The topological polar surface area (TPSA) is 75.7 Å².